The molecular formula is C13H23N5. The fourth-order valence-corrected chi connectivity index (χ4v) is 3.62. The Kier molecular flexibility index (Phi) is 3.09. The van der Waals surface area contributed by atoms with Crippen LogP contribution in [0, 0.1) is 17.3 Å². The van der Waals surface area contributed by atoms with Gasteiger partial charge < -0.3 is 5.32 Å². The Morgan fingerprint density at radius 2 is 2.17 bits per heavy atom. The van der Waals surface area contributed by atoms with Gasteiger partial charge in [-0.15, -0.1) is 10.2 Å². The molecule has 2 atom stereocenters. The maximum absolute atomic E-state index is 4.35. The van der Waals surface area contributed by atoms with Crippen LogP contribution in [-0.4, -0.2) is 33.3 Å². The van der Waals surface area contributed by atoms with Gasteiger partial charge in [0.05, 0.1) is 7.05 Å². The van der Waals surface area contributed by atoms with Crippen molar-refractivity contribution in [1.29, 1.82) is 0 Å². The van der Waals surface area contributed by atoms with E-state index in [0.717, 1.165) is 37.2 Å². The predicted molar refractivity (Wildman–Crippen MR) is 68.9 cm³/mol. The molecule has 0 amide bonds. The van der Waals surface area contributed by atoms with Gasteiger partial charge in [0, 0.05) is 13.0 Å². The topological polar surface area (TPSA) is 55.6 Å². The van der Waals surface area contributed by atoms with Crippen LogP contribution in [0.5, 0.6) is 0 Å². The summed E-state index contributed by atoms with van der Waals surface area (Å²) in [6.45, 7) is 4.45. The highest BCUT2D eigenvalue weighted by molar-refractivity contribution is 5.07. The normalized spacial score (nSPS) is 33.7. The molecule has 0 bridgehead atoms. The fraction of sp³-hybridized carbons (Fsp3) is 0.923. The number of hydrogen-bond donors (Lipinski definition) is 1. The van der Waals surface area contributed by atoms with E-state index in [0.29, 0.717) is 5.41 Å². The second kappa shape index (κ2) is 4.61. The predicted octanol–water partition coefficient (Wildman–Crippen LogP) is 1.17. The maximum atomic E-state index is 4.35. The molecule has 0 aliphatic heterocycles. The van der Waals surface area contributed by atoms with Crippen molar-refractivity contribution in [3.8, 4) is 0 Å². The first-order valence-corrected chi connectivity index (χ1v) is 7.14. The number of fused-ring (bicyclic) bond motifs is 1. The quantitative estimate of drug-likeness (QED) is 0.769. The van der Waals surface area contributed by atoms with Crippen molar-refractivity contribution < 1.29 is 0 Å². The van der Waals surface area contributed by atoms with Gasteiger partial charge >= 0.3 is 0 Å². The molecule has 2 unspecified atom stereocenters. The van der Waals surface area contributed by atoms with Gasteiger partial charge in [-0.2, -0.15) is 4.80 Å². The van der Waals surface area contributed by atoms with Crippen LogP contribution in [0.3, 0.4) is 0 Å². The Balaban J connectivity index is 1.65. The van der Waals surface area contributed by atoms with Gasteiger partial charge in [-0.05, 0) is 54.7 Å². The number of tetrazole rings is 1. The molecule has 3 rings (SSSR count). The van der Waals surface area contributed by atoms with Crippen LogP contribution in [0.25, 0.3) is 0 Å². The number of aromatic nitrogens is 4. The minimum atomic E-state index is 0.395. The Hall–Kier alpha value is -0.970. The largest absolute Gasteiger partial charge is 0.316 e. The first-order chi connectivity index (χ1) is 8.71. The number of aryl methyl sites for hydroxylation is 1. The van der Waals surface area contributed by atoms with Gasteiger partial charge in [0.25, 0.3) is 0 Å². The second-order valence-electron chi connectivity index (χ2n) is 6.21. The molecule has 2 aliphatic rings. The van der Waals surface area contributed by atoms with Crippen molar-refractivity contribution in [2.24, 2.45) is 24.3 Å². The minimum absolute atomic E-state index is 0.395. The second-order valence-corrected chi connectivity index (χ2v) is 6.21. The molecule has 2 aliphatic carbocycles. The molecule has 1 heterocycles. The molecule has 1 N–H and O–H groups in total. The van der Waals surface area contributed by atoms with Crippen LogP contribution in [0.1, 0.15) is 38.4 Å². The van der Waals surface area contributed by atoms with E-state index in [2.05, 4.69) is 27.7 Å². The Bertz CT molecular complexity index is 403. The zero-order valence-electron chi connectivity index (χ0n) is 11.4. The van der Waals surface area contributed by atoms with Crippen LogP contribution in [0.2, 0.25) is 0 Å². The standard InChI is InChI=1S/C13H23N5/c1-3-4-14-9-13(6-10-5-11(10)7-13)8-12-15-17-18(2)16-12/h10-11,14H,3-9H2,1-2H3. The highest BCUT2D eigenvalue weighted by atomic mass is 15.6. The van der Waals surface area contributed by atoms with E-state index < -0.39 is 0 Å². The smallest absolute Gasteiger partial charge is 0.175 e. The van der Waals surface area contributed by atoms with Crippen LogP contribution < -0.4 is 5.32 Å². The summed E-state index contributed by atoms with van der Waals surface area (Å²) in [5.74, 6) is 2.90. The molecule has 18 heavy (non-hydrogen) atoms. The summed E-state index contributed by atoms with van der Waals surface area (Å²) in [5.41, 5.74) is 0.395. The third-order valence-electron chi connectivity index (χ3n) is 4.47. The molecule has 0 aromatic carbocycles. The van der Waals surface area contributed by atoms with E-state index in [9.17, 15) is 0 Å². The number of nitrogens with one attached hydrogen (secondary N) is 1. The third-order valence-corrected chi connectivity index (χ3v) is 4.47. The molecular weight excluding hydrogens is 226 g/mol. The van der Waals surface area contributed by atoms with E-state index in [1.165, 1.54) is 25.7 Å². The Morgan fingerprint density at radius 3 is 2.78 bits per heavy atom. The van der Waals surface area contributed by atoms with E-state index in [1.54, 1.807) is 4.80 Å². The Labute approximate surface area is 108 Å². The van der Waals surface area contributed by atoms with E-state index in [-0.39, 0.29) is 0 Å². The van der Waals surface area contributed by atoms with Gasteiger partial charge in [0.1, 0.15) is 0 Å². The zero-order chi connectivity index (χ0) is 12.6. The van der Waals surface area contributed by atoms with Gasteiger partial charge in [0.15, 0.2) is 5.82 Å². The lowest BCUT2D eigenvalue weighted by Crippen LogP contribution is -2.36. The molecule has 1 aromatic rings. The summed E-state index contributed by atoms with van der Waals surface area (Å²) in [5, 5.41) is 16.1. The average molecular weight is 249 g/mol. The molecule has 0 saturated heterocycles. The summed E-state index contributed by atoms with van der Waals surface area (Å²) in [6, 6.07) is 0. The van der Waals surface area contributed by atoms with Crippen molar-refractivity contribution in [2.45, 2.75) is 39.0 Å². The minimum Gasteiger partial charge on any atom is -0.316 e. The SMILES string of the molecule is CCCNCC1(Cc2nnn(C)n2)CC2CC2C1. The van der Waals surface area contributed by atoms with Crippen molar-refractivity contribution in [3.05, 3.63) is 5.82 Å². The summed E-state index contributed by atoms with van der Waals surface area (Å²) < 4.78 is 0. The third kappa shape index (κ3) is 2.41. The monoisotopic (exact) mass is 249 g/mol. The van der Waals surface area contributed by atoms with E-state index >= 15 is 0 Å². The summed E-state index contributed by atoms with van der Waals surface area (Å²) in [7, 11) is 1.84. The van der Waals surface area contributed by atoms with Gasteiger partial charge in [-0.1, -0.05) is 6.92 Å². The molecule has 0 spiro atoms. The lowest BCUT2D eigenvalue weighted by molar-refractivity contribution is 0.244. The van der Waals surface area contributed by atoms with E-state index in [4.69, 9.17) is 0 Å². The van der Waals surface area contributed by atoms with Gasteiger partial charge in [0.2, 0.25) is 0 Å². The lowest BCUT2D eigenvalue weighted by Gasteiger charge is -2.30. The molecule has 100 valence electrons. The zero-order valence-corrected chi connectivity index (χ0v) is 11.4. The average Bonchev–Trinajstić information content (AvgIpc) is 2.76. The molecule has 2 fully saturated rings. The Morgan fingerprint density at radius 1 is 1.39 bits per heavy atom. The van der Waals surface area contributed by atoms with Crippen molar-refractivity contribution in [1.82, 2.24) is 25.5 Å². The molecule has 5 heteroatoms. The van der Waals surface area contributed by atoms with Crippen LogP contribution >= 0.6 is 0 Å². The molecule has 2 saturated carbocycles. The fourth-order valence-electron chi connectivity index (χ4n) is 3.62. The molecule has 0 radical (unpaired) electrons. The van der Waals surface area contributed by atoms with Crippen LogP contribution in [0.15, 0.2) is 0 Å². The number of rotatable bonds is 6. The highest BCUT2D eigenvalue weighted by Crippen LogP contribution is 2.60. The summed E-state index contributed by atoms with van der Waals surface area (Å²) in [6.07, 6.45) is 6.36. The maximum Gasteiger partial charge on any atom is 0.175 e. The summed E-state index contributed by atoms with van der Waals surface area (Å²) >= 11 is 0. The van der Waals surface area contributed by atoms with Gasteiger partial charge in [-0.25, -0.2) is 0 Å². The first kappa shape index (κ1) is 12.1. The lowest BCUT2D eigenvalue weighted by atomic mass is 9.79. The highest BCUT2D eigenvalue weighted by Gasteiger charge is 2.53. The van der Waals surface area contributed by atoms with Crippen molar-refractivity contribution in [2.75, 3.05) is 13.1 Å². The number of hydrogen-bond acceptors (Lipinski definition) is 4. The first-order valence-electron chi connectivity index (χ1n) is 7.14. The van der Waals surface area contributed by atoms with Crippen molar-refractivity contribution in [3.63, 3.8) is 0 Å². The van der Waals surface area contributed by atoms with Crippen LogP contribution in [0.4, 0.5) is 0 Å². The summed E-state index contributed by atoms with van der Waals surface area (Å²) in [4.78, 5) is 1.57. The molecule has 1 aromatic heterocycles. The van der Waals surface area contributed by atoms with E-state index in [1.807, 2.05) is 7.05 Å². The number of nitrogens with zero attached hydrogens (tertiary/aromatic N) is 4. The van der Waals surface area contributed by atoms with Gasteiger partial charge in [-0.3, -0.25) is 0 Å². The van der Waals surface area contributed by atoms with Crippen molar-refractivity contribution >= 4 is 0 Å². The molecule has 5 nitrogen and oxygen atoms in total. The van der Waals surface area contributed by atoms with Crippen LogP contribution in [-0.2, 0) is 13.5 Å².